The molecule has 1 amide bonds. The molecule has 6 nitrogen and oxygen atoms in total. The molecular formula is C20H24N2O4. The fraction of sp³-hybridized carbons (Fsp3) is 0.500. The number of amides is 1. The molecule has 0 aliphatic carbocycles. The van der Waals surface area contributed by atoms with Gasteiger partial charge in [-0.1, -0.05) is 18.2 Å². The quantitative estimate of drug-likeness (QED) is 0.835. The van der Waals surface area contributed by atoms with Gasteiger partial charge in [0.2, 0.25) is 5.91 Å². The van der Waals surface area contributed by atoms with Crippen LogP contribution in [0.1, 0.15) is 25.3 Å². The Bertz CT molecular complexity index is 830. The molecule has 4 rings (SSSR count). The molecule has 2 saturated heterocycles. The first-order valence-corrected chi connectivity index (χ1v) is 9.27. The Balaban J connectivity index is 1.52. The lowest BCUT2D eigenvalue weighted by Gasteiger charge is -2.40. The molecule has 0 saturated carbocycles. The van der Waals surface area contributed by atoms with Crippen LogP contribution in [0.4, 0.5) is 0 Å². The van der Waals surface area contributed by atoms with E-state index in [1.165, 1.54) is 10.9 Å². The normalized spacial score (nSPS) is 26.3. The number of carbonyl (C=O) groups excluding carboxylic acids is 2. The van der Waals surface area contributed by atoms with E-state index in [1.54, 1.807) is 0 Å². The van der Waals surface area contributed by atoms with Gasteiger partial charge in [0.25, 0.3) is 0 Å². The van der Waals surface area contributed by atoms with Crippen molar-refractivity contribution in [2.24, 2.45) is 5.41 Å². The molecule has 1 N–H and O–H groups in total. The van der Waals surface area contributed by atoms with Crippen LogP contribution in [0.2, 0.25) is 0 Å². The standard InChI is InChI=1S/C20H24N2O4/c1-2-25-19-20(9-12-26-19)17(23)8-11-22(18(20)24)10-7-14-13-21-16-6-4-3-5-15(14)16/h3-6,13,19,21H,2,7-12H2,1H3. The summed E-state index contributed by atoms with van der Waals surface area (Å²) in [6.45, 7) is 3.72. The highest BCUT2D eigenvalue weighted by Gasteiger charge is 2.59. The zero-order valence-electron chi connectivity index (χ0n) is 15.0. The minimum Gasteiger partial charge on any atom is -0.361 e. The first kappa shape index (κ1) is 17.2. The van der Waals surface area contributed by atoms with E-state index in [2.05, 4.69) is 11.1 Å². The second-order valence-electron chi connectivity index (χ2n) is 6.95. The van der Waals surface area contributed by atoms with Crippen molar-refractivity contribution in [3.63, 3.8) is 0 Å². The third kappa shape index (κ3) is 2.64. The third-order valence-corrected chi connectivity index (χ3v) is 5.59. The van der Waals surface area contributed by atoms with Gasteiger partial charge in [-0.2, -0.15) is 0 Å². The van der Waals surface area contributed by atoms with Crippen LogP contribution >= 0.6 is 0 Å². The Morgan fingerprint density at radius 2 is 2.19 bits per heavy atom. The summed E-state index contributed by atoms with van der Waals surface area (Å²) in [6.07, 6.45) is 2.79. The van der Waals surface area contributed by atoms with E-state index in [1.807, 2.05) is 36.2 Å². The van der Waals surface area contributed by atoms with Gasteiger partial charge in [-0.05, 0) is 31.4 Å². The largest absolute Gasteiger partial charge is 0.361 e. The maximum Gasteiger partial charge on any atom is 0.241 e. The number of benzene rings is 1. The highest BCUT2D eigenvalue weighted by Crippen LogP contribution is 2.42. The van der Waals surface area contributed by atoms with Crippen LogP contribution in [0.5, 0.6) is 0 Å². The van der Waals surface area contributed by atoms with Crippen LogP contribution < -0.4 is 0 Å². The molecule has 1 spiro atoms. The Labute approximate surface area is 152 Å². The SMILES string of the molecule is CCOC1OCCC12C(=O)CCN(CCc1c[nH]c3ccccc13)C2=O. The summed E-state index contributed by atoms with van der Waals surface area (Å²) in [6, 6.07) is 8.14. The lowest BCUT2D eigenvalue weighted by atomic mass is 9.75. The van der Waals surface area contributed by atoms with Gasteiger partial charge in [0.05, 0.1) is 6.61 Å². The number of carbonyl (C=O) groups is 2. The summed E-state index contributed by atoms with van der Waals surface area (Å²) >= 11 is 0. The number of aromatic nitrogens is 1. The molecule has 26 heavy (non-hydrogen) atoms. The van der Waals surface area contributed by atoms with Crippen molar-refractivity contribution in [3.05, 3.63) is 36.0 Å². The van der Waals surface area contributed by atoms with Gasteiger partial charge in [0, 0.05) is 43.2 Å². The second-order valence-corrected chi connectivity index (χ2v) is 6.95. The monoisotopic (exact) mass is 356 g/mol. The van der Waals surface area contributed by atoms with Crippen molar-refractivity contribution < 1.29 is 19.1 Å². The Morgan fingerprint density at radius 1 is 1.35 bits per heavy atom. The zero-order chi connectivity index (χ0) is 18.1. The number of ketones is 1. The Morgan fingerprint density at radius 3 is 3.04 bits per heavy atom. The second kappa shape index (κ2) is 6.85. The van der Waals surface area contributed by atoms with Crippen LogP contribution in [0, 0.1) is 5.41 Å². The number of H-pyrrole nitrogens is 1. The van der Waals surface area contributed by atoms with Gasteiger partial charge >= 0.3 is 0 Å². The lowest BCUT2D eigenvalue weighted by molar-refractivity contribution is -0.187. The molecule has 2 unspecified atom stereocenters. The summed E-state index contributed by atoms with van der Waals surface area (Å²) in [4.78, 5) is 30.9. The van der Waals surface area contributed by atoms with Gasteiger partial charge in [-0.3, -0.25) is 9.59 Å². The number of aromatic amines is 1. The molecule has 2 aliphatic heterocycles. The minimum atomic E-state index is -1.14. The molecule has 2 atom stereocenters. The van der Waals surface area contributed by atoms with Crippen molar-refractivity contribution >= 4 is 22.6 Å². The highest BCUT2D eigenvalue weighted by molar-refractivity contribution is 6.08. The smallest absolute Gasteiger partial charge is 0.241 e. The van der Waals surface area contributed by atoms with Crippen molar-refractivity contribution in [2.75, 3.05) is 26.3 Å². The Hall–Kier alpha value is -2.18. The molecule has 6 heteroatoms. The fourth-order valence-corrected chi connectivity index (χ4v) is 4.18. The van der Waals surface area contributed by atoms with Crippen LogP contribution in [-0.2, 0) is 25.5 Å². The van der Waals surface area contributed by atoms with E-state index in [0.29, 0.717) is 39.1 Å². The number of para-hydroxylation sites is 1. The van der Waals surface area contributed by atoms with Gasteiger partial charge in [-0.15, -0.1) is 0 Å². The number of rotatable bonds is 5. The molecule has 138 valence electrons. The molecule has 0 bridgehead atoms. The maximum atomic E-state index is 13.2. The van der Waals surface area contributed by atoms with Crippen LogP contribution in [-0.4, -0.2) is 54.2 Å². The predicted octanol–water partition coefficient (Wildman–Crippen LogP) is 2.28. The summed E-state index contributed by atoms with van der Waals surface area (Å²) < 4.78 is 11.2. The third-order valence-electron chi connectivity index (χ3n) is 5.59. The number of hydrogen-bond donors (Lipinski definition) is 1. The number of piperidine rings is 1. The van der Waals surface area contributed by atoms with Crippen molar-refractivity contribution in [1.82, 2.24) is 9.88 Å². The van der Waals surface area contributed by atoms with Crippen LogP contribution in [0.25, 0.3) is 10.9 Å². The van der Waals surface area contributed by atoms with Gasteiger partial charge in [0.1, 0.15) is 0 Å². The lowest BCUT2D eigenvalue weighted by Crippen LogP contribution is -2.58. The molecule has 2 aliphatic rings. The predicted molar refractivity (Wildman–Crippen MR) is 96.6 cm³/mol. The molecule has 3 heterocycles. The van der Waals surface area contributed by atoms with E-state index < -0.39 is 11.7 Å². The number of likely N-dealkylation sites (tertiary alicyclic amines) is 1. The van der Waals surface area contributed by atoms with Gasteiger partial charge < -0.3 is 19.4 Å². The summed E-state index contributed by atoms with van der Waals surface area (Å²) in [5.74, 6) is -0.175. The average molecular weight is 356 g/mol. The van der Waals surface area contributed by atoms with E-state index in [9.17, 15) is 9.59 Å². The number of fused-ring (bicyclic) bond motifs is 1. The highest BCUT2D eigenvalue weighted by atomic mass is 16.7. The molecule has 0 radical (unpaired) electrons. The zero-order valence-corrected chi connectivity index (χ0v) is 15.0. The molecular weight excluding hydrogens is 332 g/mol. The van der Waals surface area contributed by atoms with Crippen molar-refractivity contribution in [1.29, 1.82) is 0 Å². The van der Waals surface area contributed by atoms with Crippen LogP contribution in [0.3, 0.4) is 0 Å². The number of hydrogen-bond acceptors (Lipinski definition) is 4. The molecule has 1 aromatic heterocycles. The molecule has 1 aromatic carbocycles. The van der Waals surface area contributed by atoms with E-state index >= 15 is 0 Å². The maximum absolute atomic E-state index is 13.2. The van der Waals surface area contributed by atoms with Gasteiger partial charge in [0.15, 0.2) is 17.5 Å². The van der Waals surface area contributed by atoms with Gasteiger partial charge in [-0.25, -0.2) is 0 Å². The number of ether oxygens (including phenoxy) is 2. The van der Waals surface area contributed by atoms with E-state index in [-0.39, 0.29) is 11.7 Å². The number of Topliss-reactive ketones (excluding diaryl/α,β-unsaturated/α-hetero) is 1. The van der Waals surface area contributed by atoms with Crippen molar-refractivity contribution in [3.8, 4) is 0 Å². The van der Waals surface area contributed by atoms with Crippen molar-refractivity contribution in [2.45, 2.75) is 32.5 Å². The van der Waals surface area contributed by atoms with E-state index in [4.69, 9.17) is 9.47 Å². The summed E-state index contributed by atoms with van der Waals surface area (Å²) in [7, 11) is 0. The Kier molecular flexibility index (Phi) is 4.54. The number of nitrogens with one attached hydrogen (secondary N) is 1. The first-order chi connectivity index (χ1) is 12.7. The van der Waals surface area contributed by atoms with E-state index in [0.717, 1.165) is 11.9 Å². The average Bonchev–Trinajstić information content (AvgIpc) is 3.25. The summed E-state index contributed by atoms with van der Waals surface area (Å²) in [5.41, 5.74) is 1.14. The topological polar surface area (TPSA) is 71.6 Å². The first-order valence-electron chi connectivity index (χ1n) is 9.27. The number of nitrogens with zero attached hydrogens (tertiary/aromatic N) is 1. The molecule has 2 aromatic rings. The fourth-order valence-electron chi connectivity index (χ4n) is 4.18. The minimum absolute atomic E-state index is 0.0400. The van der Waals surface area contributed by atoms with Crippen LogP contribution in [0.15, 0.2) is 30.5 Å². The summed E-state index contributed by atoms with van der Waals surface area (Å²) in [5, 5.41) is 1.18. The molecule has 2 fully saturated rings.